The van der Waals surface area contributed by atoms with Gasteiger partial charge in [0.05, 0.1) is 11.6 Å². The van der Waals surface area contributed by atoms with E-state index in [1.165, 1.54) is 11.8 Å². The van der Waals surface area contributed by atoms with Crippen molar-refractivity contribution in [2.45, 2.75) is 25.9 Å². The van der Waals surface area contributed by atoms with Gasteiger partial charge in [0.15, 0.2) is 11.5 Å². The van der Waals surface area contributed by atoms with Crippen molar-refractivity contribution in [3.05, 3.63) is 47.2 Å². The number of aliphatic hydroxyl groups is 1. The lowest BCUT2D eigenvalue weighted by molar-refractivity contribution is -0.129. The van der Waals surface area contributed by atoms with Gasteiger partial charge in [-0.25, -0.2) is 0 Å². The minimum atomic E-state index is -0.563. The second kappa shape index (κ2) is 5.46. The van der Waals surface area contributed by atoms with Crippen molar-refractivity contribution >= 4 is 11.7 Å². The van der Waals surface area contributed by atoms with Crippen LogP contribution in [0.2, 0.25) is 0 Å². The Morgan fingerprint density at radius 3 is 2.50 bits per heavy atom. The molecular formula is C15H18N2O3. The third kappa shape index (κ3) is 2.44. The fraction of sp³-hybridized carbons (Fsp3) is 0.333. The fourth-order valence-corrected chi connectivity index (χ4v) is 2.49. The van der Waals surface area contributed by atoms with Gasteiger partial charge in [-0.2, -0.15) is 0 Å². The second-order valence-corrected chi connectivity index (χ2v) is 5.07. The highest BCUT2D eigenvalue weighted by atomic mass is 16.3. The van der Waals surface area contributed by atoms with E-state index >= 15 is 0 Å². The van der Waals surface area contributed by atoms with E-state index in [9.17, 15) is 14.7 Å². The summed E-state index contributed by atoms with van der Waals surface area (Å²) in [6.45, 7) is 3.40. The van der Waals surface area contributed by atoms with Crippen LogP contribution in [-0.4, -0.2) is 34.3 Å². The normalized spacial score (nSPS) is 20.4. The number of ketones is 1. The Morgan fingerprint density at radius 1 is 1.40 bits per heavy atom. The van der Waals surface area contributed by atoms with Crippen LogP contribution >= 0.6 is 0 Å². The van der Waals surface area contributed by atoms with Crippen molar-refractivity contribution in [1.29, 1.82) is 0 Å². The molecule has 1 amide bonds. The molecule has 0 aromatic heterocycles. The van der Waals surface area contributed by atoms with Crippen LogP contribution in [0.4, 0.5) is 0 Å². The van der Waals surface area contributed by atoms with Gasteiger partial charge >= 0.3 is 0 Å². The first-order valence-corrected chi connectivity index (χ1v) is 6.49. The molecule has 1 heterocycles. The number of rotatable bonds is 4. The Kier molecular flexibility index (Phi) is 3.90. The molecule has 5 heteroatoms. The summed E-state index contributed by atoms with van der Waals surface area (Å²) in [6.07, 6.45) is 0. The molecule has 1 aliphatic rings. The third-order valence-electron chi connectivity index (χ3n) is 3.28. The number of Topliss-reactive ketones (excluding diaryl/α,β-unsaturated/α-hetero) is 1. The summed E-state index contributed by atoms with van der Waals surface area (Å²) in [6, 6.07) is 8.36. The van der Waals surface area contributed by atoms with Gasteiger partial charge in [0, 0.05) is 12.6 Å². The Morgan fingerprint density at radius 2 is 2.00 bits per heavy atom. The van der Waals surface area contributed by atoms with Crippen molar-refractivity contribution in [1.82, 2.24) is 4.90 Å². The van der Waals surface area contributed by atoms with Gasteiger partial charge < -0.3 is 15.7 Å². The first kappa shape index (κ1) is 14.3. The predicted octanol–water partition coefficient (Wildman–Crippen LogP) is 1.32. The smallest absolute Gasteiger partial charge is 0.290 e. The van der Waals surface area contributed by atoms with E-state index < -0.39 is 17.7 Å². The molecule has 0 saturated heterocycles. The summed E-state index contributed by atoms with van der Waals surface area (Å²) in [5, 5.41) is 9.97. The largest absolute Gasteiger partial charge is 0.503 e. The molecule has 1 aromatic carbocycles. The van der Waals surface area contributed by atoms with E-state index in [4.69, 9.17) is 5.73 Å². The monoisotopic (exact) mass is 274 g/mol. The molecule has 0 saturated carbocycles. The number of nitrogens with two attached hydrogens (primary N) is 1. The number of aliphatic hydroxyl groups excluding tert-OH is 1. The van der Waals surface area contributed by atoms with Crippen LogP contribution in [0.15, 0.2) is 41.7 Å². The van der Waals surface area contributed by atoms with Gasteiger partial charge in [-0.15, -0.1) is 0 Å². The molecule has 1 aromatic rings. The summed E-state index contributed by atoms with van der Waals surface area (Å²) >= 11 is 0. The lowest BCUT2D eigenvalue weighted by atomic mass is 9.96. The van der Waals surface area contributed by atoms with Crippen LogP contribution in [0.1, 0.15) is 25.5 Å². The predicted molar refractivity (Wildman–Crippen MR) is 74.9 cm³/mol. The van der Waals surface area contributed by atoms with Crippen molar-refractivity contribution < 1.29 is 14.7 Å². The Bertz CT molecular complexity index is 564. The van der Waals surface area contributed by atoms with Gasteiger partial charge in [0.25, 0.3) is 5.91 Å². The molecule has 1 aliphatic heterocycles. The van der Waals surface area contributed by atoms with Crippen LogP contribution in [-0.2, 0) is 9.59 Å². The molecule has 3 N–H and O–H groups in total. The topological polar surface area (TPSA) is 83.6 Å². The van der Waals surface area contributed by atoms with Crippen LogP contribution in [0.5, 0.6) is 0 Å². The van der Waals surface area contributed by atoms with Crippen molar-refractivity contribution in [3.8, 4) is 0 Å². The Balaban J connectivity index is 2.50. The standard InChI is InChI=1S/C15H18N2O3/c1-9(16)8-17-13(11-6-4-3-5-7-11)12(10(2)18)14(19)15(17)20/h3-7,9,13,19H,8,16H2,1-2H3/t9-,13-/m0/s1. The molecule has 20 heavy (non-hydrogen) atoms. The average Bonchev–Trinajstić information content (AvgIpc) is 2.64. The van der Waals surface area contributed by atoms with E-state index in [0.29, 0.717) is 0 Å². The first-order valence-electron chi connectivity index (χ1n) is 6.49. The summed E-state index contributed by atoms with van der Waals surface area (Å²) < 4.78 is 0. The average molecular weight is 274 g/mol. The highest BCUT2D eigenvalue weighted by Gasteiger charge is 2.42. The zero-order valence-electron chi connectivity index (χ0n) is 11.5. The summed E-state index contributed by atoms with van der Waals surface area (Å²) in [5.41, 5.74) is 6.69. The molecule has 2 atom stereocenters. The van der Waals surface area contributed by atoms with E-state index in [2.05, 4.69) is 0 Å². The number of carbonyl (C=O) groups excluding carboxylic acids is 2. The molecule has 0 aliphatic carbocycles. The van der Waals surface area contributed by atoms with Gasteiger partial charge in [0.1, 0.15) is 0 Å². The minimum absolute atomic E-state index is 0.141. The van der Waals surface area contributed by atoms with Crippen molar-refractivity contribution in [2.75, 3.05) is 6.54 Å². The maximum Gasteiger partial charge on any atom is 0.290 e. The molecule has 0 fully saturated rings. The number of hydrogen-bond acceptors (Lipinski definition) is 4. The molecule has 2 rings (SSSR count). The zero-order chi connectivity index (χ0) is 14.9. The molecule has 0 bridgehead atoms. The summed E-state index contributed by atoms with van der Waals surface area (Å²) in [4.78, 5) is 25.4. The Hall–Kier alpha value is -2.14. The van der Waals surface area contributed by atoms with E-state index in [0.717, 1.165) is 5.56 Å². The fourth-order valence-electron chi connectivity index (χ4n) is 2.49. The quantitative estimate of drug-likeness (QED) is 0.867. The van der Waals surface area contributed by atoms with Crippen LogP contribution in [0, 0.1) is 0 Å². The zero-order valence-corrected chi connectivity index (χ0v) is 11.5. The molecule has 106 valence electrons. The highest BCUT2D eigenvalue weighted by Crippen LogP contribution is 2.37. The van der Waals surface area contributed by atoms with Crippen LogP contribution in [0.25, 0.3) is 0 Å². The van der Waals surface area contributed by atoms with Crippen LogP contribution < -0.4 is 5.73 Å². The number of carbonyl (C=O) groups is 2. The summed E-state index contributed by atoms with van der Waals surface area (Å²) in [7, 11) is 0. The molecule has 0 radical (unpaired) electrons. The molecule has 0 unspecified atom stereocenters. The SMILES string of the molecule is CC(=O)C1=C(O)C(=O)N(C[C@H](C)N)[C@H]1c1ccccc1. The number of benzene rings is 1. The van der Waals surface area contributed by atoms with Gasteiger partial charge in [-0.05, 0) is 19.4 Å². The van der Waals surface area contributed by atoms with E-state index in [-0.39, 0.29) is 23.9 Å². The van der Waals surface area contributed by atoms with Gasteiger partial charge in [0.2, 0.25) is 0 Å². The number of amides is 1. The Labute approximate surface area is 117 Å². The van der Waals surface area contributed by atoms with Crippen LogP contribution in [0.3, 0.4) is 0 Å². The van der Waals surface area contributed by atoms with Gasteiger partial charge in [-0.3, -0.25) is 9.59 Å². The van der Waals surface area contributed by atoms with E-state index in [1.807, 2.05) is 30.3 Å². The maximum atomic E-state index is 12.1. The van der Waals surface area contributed by atoms with Crippen molar-refractivity contribution in [2.24, 2.45) is 5.73 Å². The molecule has 5 nitrogen and oxygen atoms in total. The summed E-state index contributed by atoms with van der Waals surface area (Å²) in [5.74, 6) is -1.31. The highest BCUT2D eigenvalue weighted by molar-refractivity contribution is 6.08. The second-order valence-electron chi connectivity index (χ2n) is 5.07. The third-order valence-corrected chi connectivity index (χ3v) is 3.28. The van der Waals surface area contributed by atoms with E-state index in [1.54, 1.807) is 6.92 Å². The maximum absolute atomic E-state index is 12.1. The number of hydrogen-bond donors (Lipinski definition) is 2. The molecule has 0 spiro atoms. The molecular weight excluding hydrogens is 256 g/mol. The van der Waals surface area contributed by atoms with Gasteiger partial charge in [-0.1, -0.05) is 30.3 Å². The first-order chi connectivity index (χ1) is 9.43. The number of nitrogens with zero attached hydrogens (tertiary/aromatic N) is 1. The minimum Gasteiger partial charge on any atom is -0.503 e. The lowest BCUT2D eigenvalue weighted by Gasteiger charge is -2.27. The van der Waals surface area contributed by atoms with Crippen molar-refractivity contribution in [3.63, 3.8) is 0 Å². The lowest BCUT2D eigenvalue weighted by Crippen LogP contribution is -2.39.